The Bertz CT molecular complexity index is 1100. The smallest absolute Gasteiger partial charge is 0.220 e. The van der Waals surface area contributed by atoms with E-state index in [4.69, 9.17) is 15.6 Å². The third-order valence-corrected chi connectivity index (χ3v) is 10.8. The van der Waals surface area contributed by atoms with E-state index in [0.29, 0.717) is 29.3 Å². The first-order chi connectivity index (χ1) is 18.3. The van der Waals surface area contributed by atoms with Gasteiger partial charge in [-0.3, -0.25) is 9.83 Å². The summed E-state index contributed by atoms with van der Waals surface area (Å²) in [5.41, 5.74) is 12.2. The summed E-state index contributed by atoms with van der Waals surface area (Å²) in [5.74, 6) is 1.12. The van der Waals surface area contributed by atoms with Crippen LogP contribution in [-0.2, 0) is 11.3 Å². The molecule has 0 bridgehead atoms. The van der Waals surface area contributed by atoms with Crippen LogP contribution in [0.15, 0.2) is 27.7 Å². The van der Waals surface area contributed by atoms with Gasteiger partial charge in [0.05, 0.1) is 29.6 Å². The molecule has 10 heteroatoms. The second-order valence-electron chi connectivity index (χ2n) is 11.2. The molecule has 4 rings (SSSR count). The zero-order valence-corrected chi connectivity index (χ0v) is 27.2. The zero-order chi connectivity index (χ0) is 29.4. The summed E-state index contributed by atoms with van der Waals surface area (Å²) >= 11 is 3.46. The van der Waals surface area contributed by atoms with Crippen LogP contribution in [0.1, 0.15) is 95.3 Å². The molecule has 0 saturated heterocycles. The van der Waals surface area contributed by atoms with E-state index in [1.807, 2.05) is 33.3 Å². The SMILES string of the molecule is CC.CC(C)(C)S(C)(C)O.Cc1nc(N)nc2c1C(NOCC1CCCCC1)=NC(c1ccc(F)cc1Br)C2. The van der Waals surface area contributed by atoms with E-state index in [2.05, 4.69) is 52.1 Å². The van der Waals surface area contributed by atoms with Crippen molar-refractivity contribution >= 4 is 38.0 Å². The van der Waals surface area contributed by atoms with Crippen LogP contribution in [0.5, 0.6) is 0 Å². The van der Waals surface area contributed by atoms with Gasteiger partial charge in [-0.25, -0.2) is 19.8 Å². The van der Waals surface area contributed by atoms with E-state index in [-0.39, 0.29) is 22.6 Å². The van der Waals surface area contributed by atoms with Gasteiger partial charge < -0.3 is 10.3 Å². The van der Waals surface area contributed by atoms with Crippen LogP contribution >= 0.6 is 26.2 Å². The Labute approximate surface area is 244 Å². The lowest BCUT2D eigenvalue weighted by molar-refractivity contribution is 0.0447. The van der Waals surface area contributed by atoms with Crippen molar-refractivity contribution in [3.63, 3.8) is 0 Å². The fraction of sp³-hybridized carbons (Fsp3) is 0.621. The van der Waals surface area contributed by atoms with E-state index in [1.54, 1.807) is 6.07 Å². The second-order valence-corrected chi connectivity index (χ2v) is 15.8. The van der Waals surface area contributed by atoms with Crippen molar-refractivity contribution < 1.29 is 13.8 Å². The molecule has 0 amide bonds. The monoisotopic (exact) mass is 627 g/mol. The van der Waals surface area contributed by atoms with Crippen LogP contribution in [0.25, 0.3) is 0 Å². The minimum Gasteiger partial charge on any atom is -0.368 e. The molecular weight excluding hydrogens is 581 g/mol. The maximum absolute atomic E-state index is 13.5. The number of halogens is 2. The van der Waals surface area contributed by atoms with Gasteiger partial charge in [-0.05, 0) is 55.9 Å². The van der Waals surface area contributed by atoms with Crippen LogP contribution in [0.2, 0.25) is 0 Å². The average molecular weight is 629 g/mol. The van der Waals surface area contributed by atoms with Crippen LogP contribution in [0.4, 0.5) is 10.3 Å². The quantitative estimate of drug-likeness (QED) is 0.299. The normalized spacial score (nSPS) is 18.0. The van der Waals surface area contributed by atoms with E-state index in [0.717, 1.165) is 22.5 Å². The van der Waals surface area contributed by atoms with Crippen molar-refractivity contribution in [3.8, 4) is 0 Å². The Morgan fingerprint density at radius 1 is 1.15 bits per heavy atom. The van der Waals surface area contributed by atoms with Crippen molar-refractivity contribution in [3.05, 3.63) is 51.0 Å². The molecule has 1 aromatic heterocycles. The molecule has 1 aromatic carbocycles. The molecule has 7 nitrogen and oxygen atoms in total. The number of aryl methyl sites for hydroxylation is 1. The standard InChI is InChI=1S/C21H25BrFN5O.C6H16OS.C2H6/c1-12-19-18(27-21(24)25-12)10-17(15-8-7-14(23)9-16(15)22)26-20(19)28-29-11-13-5-3-2-4-6-13;1-6(2,3)8(4,5)7;1-2/h7-9,13,17H,2-6,10-11H2,1H3,(H,26,28)(H2,24,25,27);7H,1-5H3;1-2H3. The van der Waals surface area contributed by atoms with Gasteiger partial charge in [-0.1, -0.05) is 75.9 Å². The lowest BCUT2D eigenvalue weighted by Gasteiger charge is -2.38. The number of nitrogen functional groups attached to an aromatic ring is 1. The molecule has 1 aliphatic heterocycles. The second kappa shape index (κ2) is 14.8. The molecule has 1 aliphatic carbocycles. The number of nitrogens with two attached hydrogens (primary N) is 1. The predicted octanol–water partition coefficient (Wildman–Crippen LogP) is 7.76. The van der Waals surface area contributed by atoms with Gasteiger partial charge in [0.1, 0.15) is 5.82 Å². The van der Waals surface area contributed by atoms with Gasteiger partial charge in [-0.15, -0.1) is 10.3 Å². The van der Waals surface area contributed by atoms with E-state index < -0.39 is 10.3 Å². The molecule has 4 N–H and O–H groups in total. The molecule has 1 saturated carbocycles. The first-order valence-corrected chi connectivity index (χ1v) is 17.0. The number of hydrogen-bond acceptors (Lipinski definition) is 7. The fourth-order valence-electron chi connectivity index (χ4n) is 4.17. The molecule has 0 spiro atoms. The molecule has 2 aliphatic rings. The predicted molar refractivity (Wildman–Crippen MR) is 167 cm³/mol. The molecule has 2 heterocycles. The van der Waals surface area contributed by atoms with Crippen molar-refractivity contribution in [1.82, 2.24) is 15.4 Å². The fourth-order valence-corrected chi connectivity index (χ4v) is 4.79. The molecule has 1 atom stereocenters. The van der Waals surface area contributed by atoms with Gasteiger partial charge >= 0.3 is 0 Å². The Hall–Kier alpha value is -1.75. The lowest BCUT2D eigenvalue weighted by Crippen LogP contribution is -2.33. The molecule has 220 valence electrons. The first kappa shape index (κ1) is 33.5. The summed E-state index contributed by atoms with van der Waals surface area (Å²) in [6.45, 7) is 12.7. The number of fused-ring (bicyclic) bond motifs is 1. The van der Waals surface area contributed by atoms with Crippen LogP contribution in [0.3, 0.4) is 0 Å². The number of amidine groups is 1. The van der Waals surface area contributed by atoms with Gasteiger partial charge in [-0.2, -0.15) is 0 Å². The number of rotatable bonds is 4. The van der Waals surface area contributed by atoms with Crippen LogP contribution in [-0.4, -0.2) is 44.2 Å². The highest BCUT2D eigenvalue weighted by molar-refractivity contribution is 9.10. The topological polar surface area (TPSA) is 106 Å². The number of nitrogens with one attached hydrogen (secondary N) is 1. The minimum atomic E-state index is -1.34. The lowest BCUT2D eigenvalue weighted by atomic mass is 9.90. The minimum absolute atomic E-state index is 0.0764. The zero-order valence-electron chi connectivity index (χ0n) is 24.8. The maximum Gasteiger partial charge on any atom is 0.220 e. The summed E-state index contributed by atoms with van der Waals surface area (Å²) < 4.78 is 23.7. The van der Waals surface area contributed by atoms with Crippen LogP contribution in [0, 0.1) is 18.7 Å². The molecule has 39 heavy (non-hydrogen) atoms. The van der Waals surface area contributed by atoms with Crippen LogP contribution < -0.4 is 11.2 Å². The van der Waals surface area contributed by atoms with Gasteiger partial charge in [0.2, 0.25) is 5.95 Å². The number of benzene rings is 1. The number of anilines is 1. The maximum atomic E-state index is 13.5. The Morgan fingerprint density at radius 3 is 2.33 bits per heavy atom. The number of aromatic nitrogens is 2. The third-order valence-electron chi connectivity index (χ3n) is 7.12. The van der Waals surface area contributed by atoms with Gasteiger partial charge in [0.25, 0.3) is 0 Å². The molecule has 1 unspecified atom stereocenters. The summed E-state index contributed by atoms with van der Waals surface area (Å²) in [6, 6.07) is 4.41. The number of nitrogens with zero attached hydrogens (tertiary/aromatic N) is 3. The Balaban J connectivity index is 0.000000460. The summed E-state index contributed by atoms with van der Waals surface area (Å²) in [4.78, 5) is 19.5. The Kier molecular flexibility index (Phi) is 12.7. The van der Waals surface area contributed by atoms with Crippen molar-refractivity contribution in [1.29, 1.82) is 0 Å². The molecular formula is C29H47BrFN5O2S. The highest BCUT2D eigenvalue weighted by Gasteiger charge is 2.28. The number of hydroxylamine groups is 1. The summed E-state index contributed by atoms with van der Waals surface area (Å²) in [5, 5.41) is 0. The summed E-state index contributed by atoms with van der Waals surface area (Å²) in [6.07, 6.45) is 10.6. The Morgan fingerprint density at radius 2 is 1.77 bits per heavy atom. The third kappa shape index (κ3) is 9.69. The summed E-state index contributed by atoms with van der Waals surface area (Å²) in [7, 11) is -1.34. The number of aliphatic imine (C=N–C) groups is 1. The van der Waals surface area contributed by atoms with Crippen molar-refractivity contribution in [2.75, 3.05) is 24.9 Å². The number of hydrogen-bond donors (Lipinski definition) is 3. The van der Waals surface area contributed by atoms with Gasteiger partial charge in [0.15, 0.2) is 5.84 Å². The van der Waals surface area contributed by atoms with Crippen molar-refractivity contribution in [2.24, 2.45) is 10.9 Å². The highest BCUT2D eigenvalue weighted by atomic mass is 79.9. The highest BCUT2D eigenvalue weighted by Crippen LogP contribution is 2.48. The first-order valence-electron chi connectivity index (χ1n) is 13.8. The molecule has 2 aromatic rings. The van der Waals surface area contributed by atoms with Gasteiger partial charge in [0, 0.05) is 15.6 Å². The largest absolute Gasteiger partial charge is 0.368 e. The van der Waals surface area contributed by atoms with Crippen molar-refractivity contribution in [2.45, 2.75) is 90.9 Å². The molecule has 1 fully saturated rings. The van der Waals surface area contributed by atoms with E-state index >= 15 is 0 Å². The average Bonchev–Trinajstić information content (AvgIpc) is 2.84. The van der Waals surface area contributed by atoms with E-state index in [1.165, 1.54) is 44.2 Å². The molecule has 0 radical (unpaired) electrons. The van der Waals surface area contributed by atoms with E-state index in [9.17, 15) is 8.94 Å².